The second-order valence-corrected chi connectivity index (χ2v) is 6.64. The van der Waals surface area contributed by atoms with E-state index >= 15 is 0 Å². The summed E-state index contributed by atoms with van der Waals surface area (Å²) in [6.07, 6.45) is 0.929. The highest BCUT2D eigenvalue weighted by Gasteiger charge is 2.50. The number of hydrogen-bond donors (Lipinski definition) is 1. The Balaban J connectivity index is 2.04. The number of carbonyl (C=O) groups is 1. The highest BCUT2D eigenvalue weighted by Crippen LogP contribution is 2.45. The van der Waals surface area contributed by atoms with Crippen LogP contribution in [0, 0.1) is 6.92 Å². The van der Waals surface area contributed by atoms with Crippen molar-refractivity contribution >= 4 is 34.7 Å². The van der Waals surface area contributed by atoms with Gasteiger partial charge in [0, 0.05) is 36.5 Å². The molecule has 2 heterocycles. The van der Waals surface area contributed by atoms with Gasteiger partial charge in [-0.3, -0.25) is 0 Å². The third kappa shape index (κ3) is 2.72. The molecular weight excluding hydrogens is 341 g/mol. The van der Waals surface area contributed by atoms with Crippen LogP contribution < -0.4 is 0 Å². The van der Waals surface area contributed by atoms with Gasteiger partial charge in [0.15, 0.2) is 11.4 Å². The topological polar surface area (TPSA) is 59.0 Å². The van der Waals surface area contributed by atoms with Crippen molar-refractivity contribution in [3.8, 4) is 0 Å². The second kappa shape index (κ2) is 5.98. The van der Waals surface area contributed by atoms with Crippen LogP contribution >= 0.6 is 23.2 Å². The summed E-state index contributed by atoms with van der Waals surface area (Å²) < 4.78 is 5.57. The minimum Gasteiger partial charge on any atom is -0.507 e. The van der Waals surface area contributed by atoms with Gasteiger partial charge in [-0.2, -0.15) is 5.06 Å². The summed E-state index contributed by atoms with van der Waals surface area (Å²) in [5.74, 6) is -0.605. The van der Waals surface area contributed by atoms with E-state index in [9.17, 15) is 9.90 Å². The molecule has 0 unspecified atom stereocenters. The maximum Gasteiger partial charge on any atom is 0.343 e. The van der Waals surface area contributed by atoms with Crippen LogP contribution in [-0.4, -0.2) is 41.9 Å². The van der Waals surface area contributed by atoms with E-state index in [0.29, 0.717) is 47.1 Å². The Bertz CT molecular complexity index is 670. The van der Waals surface area contributed by atoms with Gasteiger partial charge in [-0.25, -0.2) is 4.79 Å². The summed E-state index contributed by atoms with van der Waals surface area (Å²) in [6.45, 7) is 2.92. The van der Waals surface area contributed by atoms with Gasteiger partial charge in [0.05, 0.1) is 12.1 Å². The number of aliphatic hydroxyl groups is 1. The number of hydroxylamine groups is 2. The van der Waals surface area contributed by atoms with E-state index in [0.717, 1.165) is 0 Å². The summed E-state index contributed by atoms with van der Waals surface area (Å²) in [7, 11) is 1.59. The van der Waals surface area contributed by atoms with Crippen molar-refractivity contribution in [1.29, 1.82) is 0 Å². The van der Waals surface area contributed by atoms with Crippen LogP contribution in [0.15, 0.2) is 17.9 Å². The van der Waals surface area contributed by atoms with E-state index in [1.807, 2.05) is 0 Å². The minimum atomic E-state index is -0.989. The molecule has 124 valence electrons. The molecule has 1 aromatic rings. The zero-order valence-corrected chi connectivity index (χ0v) is 14.4. The number of halogens is 2. The Hall–Kier alpha value is -1.27. The molecule has 1 spiro atoms. The number of hydrogen-bond acceptors (Lipinski definition) is 5. The molecule has 0 amide bonds. The number of aliphatic hydroxyl groups excluding tert-OH is 1. The monoisotopic (exact) mass is 357 g/mol. The number of ether oxygens (including phenoxy) is 1. The number of nitrogens with zero attached hydrogens (tertiary/aromatic N) is 1. The number of benzene rings is 1. The molecule has 1 aromatic carbocycles. The van der Waals surface area contributed by atoms with E-state index in [4.69, 9.17) is 32.8 Å². The molecule has 0 atom stereocenters. The molecule has 0 aliphatic carbocycles. The molecule has 1 fully saturated rings. The van der Waals surface area contributed by atoms with E-state index in [-0.39, 0.29) is 11.3 Å². The van der Waals surface area contributed by atoms with E-state index in [1.54, 1.807) is 31.2 Å². The van der Waals surface area contributed by atoms with Crippen molar-refractivity contribution in [3.05, 3.63) is 39.1 Å². The highest BCUT2D eigenvalue weighted by molar-refractivity contribution is 6.37. The van der Waals surface area contributed by atoms with Gasteiger partial charge in [0.2, 0.25) is 0 Å². The number of rotatable bonds is 2. The second-order valence-electron chi connectivity index (χ2n) is 5.80. The molecule has 1 saturated heterocycles. The van der Waals surface area contributed by atoms with Crippen molar-refractivity contribution in [2.75, 3.05) is 20.2 Å². The van der Waals surface area contributed by atoms with Crippen molar-refractivity contribution in [3.63, 3.8) is 0 Å². The van der Waals surface area contributed by atoms with E-state index in [1.165, 1.54) is 0 Å². The van der Waals surface area contributed by atoms with Gasteiger partial charge in [-0.1, -0.05) is 23.2 Å². The summed E-state index contributed by atoms with van der Waals surface area (Å²) in [6, 6.07) is 3.26. The lowest BCUT2D eigenvalue weighted by atomic mass is 9.87. The average Bonchev–Trinajstić information content (AvgIpc) is 2.72. The normalized spacial score (nSPS) is 21.1. The molecule has 2 aliphatic heterocycles. The molecule has 0 saturated carbocycles. The van der Waals surface area contributed by atoms with Crippen LogP contribution in [0.4, 0.5) is 0 Å². The van der Waals surface area contributed by atoms with Crippen LogP contribution in [-0.2, 0) is 14.4 Å². The Morgan fingerprint density at radius 1 is 1.30 bits per heavy atom. The fourth-order valence-electron chi connectivity index (χ4n) is 3.21. The average molecular weight is 358 g/mol. The Labute approximate surface area is 144 Å². The van der Waals surface area contributed by atoms with Crippen molar-refractivity contribution < 1.29 is 19.5 Å². The third-order valence-electron chi connectivity index (χ3n) is 4.45. The number of esters is 1. The van der Waals surface area contributed by atoms with Crippen molar-refractivity contribution in [2.24, 2.45) is 0 Å². The fourth-order valence-corrected chi connectivity index (χ4v) is 3.90. The van der Waals surface area contributed by atoms with Gasteiger partial charge in [0.25, 0.3) is 0 Å². The first-order valence-electron chi connectivity index (χ1n) is 7.30. The fraction of sp³-hybridized carbons (Fsp3) is 0.438. The van der Waals surface area contributed by atoms with Gasteiger partial charge in [-0.05, 0) is 24.6 Å². The summed E-state index contributed by atoms with van der Waals surface area (Å²) in [5.41, 5.74) is 0.337. The molecule has 0 radical (unpaired) electrons. The zero-order valence-electron chi connectivity index (χ0n) is 12.9. The maximum atomic E-state index is 12.4. The largest absolute Gasteiger partial charge is 0.507 e. The lowest BCUT2D eigenvalue weighted by Gasteiger charge is -2.36. The molecule has 5 nitrogen and oxygen atoms in total. The predicted molar refractivity (Wildman–Crippen MR) is 87.4 cm³/mol. The highest BCUT2D eigenvalue weighted by atomic mass is 35.5. The van der Waals surface area contributed by atoms with Crippen LogP contribution in [0.25, 0.3) is 5.57 Å². The molecule has 0 aromatic heterocycles. The standard InChI is InChI=1S/C16H17Cl2NO4/c1-9-7-10(17)8-11(18)12(9)13-14(20)16(23-15(13)21)3-5-19(22-2)6-4-16/h7-8,20H,3-6H2,1-2H3. The van der Waals surface area contributed by atoms with Gasteiger partial charge in [0.1, 0.15) is 5.57 Å². The van der Waals surface area contributed by atoms with Crippen LogP contribution in [0.2, 0.25) is 10.0 Å². The van der Waals surface area contributed by atoms with Crippen LogP contribution in [0.3, 0.4) is 0 Å². The van der Waals surface area contributed by atoms with Crippen molar-refractivity contribution in [1.82, 2.24) is 5.06 Å². The molecule has 7 heteroatoms. The van der Waals surface area contributed by atoms with Crippen LogP contribution in [0.5, 0.6) is 0 Å². The maximum absolute atomic E-state index is 12.4. The summed E-state index contributed by atoms with van der Waals surface area (Å²) in [5, 5.41) is 13.3. The van der Waals surface area contributed by atoms with Crippen LogP contribution in [0.1, 0.15) is 24.0 Å². The lowest BCUT2D eigenvalue weighted by Crippen LogP contribution is -2.45. The Morgan fingerprint density at radius 3 is 2.52 bits per heavy atom. The lowest BCUT2D eigenvalue weighted by molar-refractivity contribution is -0.182. The molecule has 1 N–H and O–H groups in total. The molecular formula is C16H17Cl2NO4. The third-order valence-corrected chi connectivity index (χ3v) is 4.97. The number of aryl methyl sites for hydroxylation is 1. The Kier molecular flexibility index (Phi) is 4.31. The molecule has 2 aliphatic rings. The number of piperidine rings is 1. The SMILES string of the molecule is CON1CCC2(CC1)OC(=O)C(c1c(C)cc(Cl)cc1Cl)=C2O. The zero-order chi connectivity index (χ0) is 16.8. The quantitative estimate of drug-likeness (QED) is 0.820. The predicted octanol–water partition coefficient (Wildman–Crippen LogP) is 3.52. The first-order valence-corrected chi connectivity index (χ1v) is 8.05. The van der Waals surface area contributed by atoms with Gasteiger partial charge >= 0.3 is 5.97 Å². The van der Waals surface area contributed by atoms with E-state index in [2.05, 4.69) is 0 Å². The first kappa shape index (κ1) is 16.6. The van der Waals surface area contributed by atoms with E-state index < -0.39 is 11.6 Å². The summed E-state index contributed by atoms with van der Waals surface area (Å²) >= 11 is 12.2. The molecule has 3 rings (SSSR count). The van der Waals surface area contributed by atoms with Gasteiger partial charge < -0.3 is 14.7 Å². The molecule has 23 heavy (non-hydrogen) atoms. The molecule has 0 bridgehead atoms. The van der Waals surface area contributed by atoms with Gasteiger partial charge in [-0.15, -0.1) is 0 Å². The smallest absolute Gasteiger partial charge is 0.343 e. The van der Waals surface area contributed by atoms with Crippen molar-refractivity contribution in [2.45, 2.75) is 25.4 Å². The Morgan fingerprint density at radius 2 is 1.96 bits per heavy atom. The first-order chi connectivity index (χ1) is 10.9. The number of carbonyl (C=O) groups excluding carboxylic acids is 1. The summed E-state index contributed by atoms with van der Waals surface area (Å²) in [4.78, 5) is 17.6. The minimum absolute atomic E-state index is 0.0504.